The van der Waals surface area contributed by atoms with Crippen molar-refractivity contribution in [1.29, 1.82) is 0 Å². The van der Waals surface area contributed by atoms with Crippen LogP contribution in [0.4, 0.5) is 0 Å². The monoisotopic (exact) mass is 338 g/mol. The van der Waals surface area contributed by atoms with Crippen molar-refractivity contribution in [1.82, 2.24) is 0 Å². The molecule has 1 aliphatic heterocycles. The van der Waals surface area contributed by atoms with Gasteiger partial charge in [0.15, 0.2) is 11.5 Å². The van der Waals surface area contributed by atoms with Gasteiger partial charge in [-0.05, 0) is 41.8 Å². The first-order valence-electron chi connectivity index (χ1n) is 7.41. The van der Waals surface area contributed by atoms with E-state index < -0.39 is 11.8 Å². The molecule has 6 nitrogen and oxygen atoms in total. The molecule has 1 aliphatic rings. The molecule has 0 aliphatic carbocycles. The van der Waals surface area contributed by atoms with Gasteiger partial charge in [0.1, 0.15) is 12.4 Å². The third-order valence-corrected chi connectivity index (χ3v) is 3.44. The summed E-state index contributed by atoms with van der Waals surface area (Å²) in [5, 5.41) is 0. The smallest absolute Gasteiger partial charge is 0.385 e. The predicted octanol–water partition coefficient (Wildman–Crippen LogP) is 2.35. The van der Waals surface area contributed by atoms with Crippen LogP contribution in [0.15, 0.2) is 42.5 Å². The highest BCUT2D eigenvalue weighted by Gasteiger charge is 2.15. The summed E-state index contributed by atoms with van der Waals surface area (Å²) in [6.45, 7) is 0.187. The van der Waals surface area contributed by atoms with Gasteiger partial charge in [0, 0.05) is 11.5 Å². The number of hydrogen-bond acceptors (Lipinski definition) is 6. The van der Waals surface area contributed by atoms with E-state index in [1.807, 2.05) is 0 Å². The molecule has 2 aromatic carbocycles. The zero-order valence-electron chi connectivity index (χ0n) is 13.4. The normalized spacial score (nSPS) is 11.2. The molecule has 0 atom stereocenters. The maximum absolute atomic E-state index is 12.0. The van der Waals surface area contributed by atoms with Crippen LogP contribution in [-0.2, 0) is 16.1 Å². The molecule has 2 aromatic rings. The molecule has 0 amide bonds. The Bertz CT molecular complexity index is 858. The van der Waals surface area contributed by atoms with Crippen molar-refractivity contribution in [3.8, 4) is 29.1 Å². The number of carbonyl (C=O) groups excluding carboxylic acids is 2. The van der Waals surface area contributed by atoms with Crippen molar-refractivity contribution in [2.24, 2.45) is 0 Å². The van der Waals surface area contributed by atoms with Gasteiger partial charge in [-0.15, -0.1) is 0 Å². The highest BCUT2D eigenvalue weighted by molar-refractivity contribution is 6.12. The lowest BCUT2D eigenvalue weighted by molar-refractivity contribution is -0.137. The summed E-state index contributed by atoms with van der Waals surface area (Å²) in [5.74, 6) is 4.94. The molecule has 1 heterocycles. The molecule has 0 bridgehead atoms. The van der Waals surface area contributed by atoms with E-state index in [1.165, 1.54) is 6.07 Å². The van der Waals surface area contributed by atoms with Crippen molar-refractivity contribution in [2.75, 3.05) is 13.9 Å². The summed E-state index contributed by atoms with van der Waals surface area (Å²) in [6, 6.07) is 11.8. The Morgan fingerprint density at radius 2 is 1.80 bits per heavy atom. The standard InChI is InChI=1S/C19H14O6/c1-22-15-5-2-13(3-6-15)11-23-19(21)9-7-16(20)14-4-8-17-18(10-14)25-12-24-17/h2-6,8,10H,11-12H2,1H3. The fourth-order valence-corrected chi connectivity index (χ4v) is 2.12. The first kappa shape index (κ1) is 16.4. The molecule has 3 rings (SSSR count). The summed E-state index contributed by atoms with van der Waals surface area (Å²) < 4.78 is 20.4. The lowest BCUT2D eigenvalue weighted by Crippen LogP contribution is -2.03. The number of ketones is 1. The van der Waals surface area contributed by atoms with Crippen LogP contribution in [0.5, 0.6) is 17.2 Å². The van der Waals surface area contributed by atoms with Crippen LogP contribution >= 0.6 is 0 Å². The number of rotatable bonds is 4. The largest absolute Gasteiger partial charge is 0.497 e. The Hall–Kier alpha value is -3.46. The Morgan fingerprint density at radius 1 is 1.04 bits per heavy atom. The molecule has 25 heavy (non-hydrogen) atoms. The van der Waals surface area contributed by atoms with Crippen LogP contribution in [0.25, 0.3) is 0 Å². The maximum Gasteiger partial charge on any atom is 0.385 e. The van der Waals surface area contributed by atoms with Gasteiger partial charge in [-0.2, -0.15) is 0 Å². The Kier molecular flexibility index (Phi) is 4.86. The second kappa shape index (κ2) is 7.41. The summed E-state index contributed by atoms with van der Waals surface area (Å²) in [5.41, 5.74) is 1.11. The molecule has 126 valence electrons. The van der Waals surface area contributed by atoms with Gasteiger partial charge in [-0.3, -0.25) is 4.79 Å². The summed E-state index contributed by atoms with van der Waals surface area (Å²) in [6.07, 6.45) is 0. The number of esters is 1. The molecule has 0 radical (unpaired) electrons. The van der Waals surface area contributed by atoms with Crippen molar-refractivity contribution < 1.29 is 28.5 Å². The van der Waals surface area contributed by atoms with Crippen LogP contribution in [0, 0.1) is 11.8 Å². The third kappa shape index (κ3) is 4.09. The number of fused-ring (bicyclic) bond motifs is 1. The molecular weight excluding hydrogens is 324 g/mol. The lowest BCUT2D eigenvalue weighted by atomic mass is 10.1. The van der Waals surface area contributed by atoms with Crippen LogP contribution in [0.1, 0.15) is 15.9 Å². The highest BCUT2D eigenvalue weighted by Crippen LogP contribution is 2.32. The van der Waals surface area contributed by atoms with Gasteiger partial charge >= 0.3 is 5.97 Å². The van der Waals surface area contributed by atoms with Gasteiger partial charge in [-0.25, -0.2) is 4.79 Å². The van der Waals surface area contributed by atoms with Crippen molar-refractivity contribution in [3.63, 3.8) is 0 Å². The van der Waals surface area contributed by atoms with Crippen LogP contribution in [-0.4, -0.2) is 25.7 Å². The number of carbonyl (C=O) groups is 2. The van der Waals surface area contributed by atoms with E-state index in [4.69, 9.17) is 18.9 Å². The molecule has 0 fully saturated rings. The zero-order chi connectivity index (χ0) is 17.6. The fraction of sp³-hybridized carbons (Fsp3) is 0.158. The minimum absolute atomic E-state index is 0.0652. The molecule has 0 N–H and O–H groups in total. The Morgan fingerprint density at radius 3 is 2.56 bits per heavy atom. The highest BCUT2D eigenvalue weighted by atomic mass is 16.7. The predicted molar refractivity (Wildman–Crippen MR) is 87.5 cm³/mol. The average Bonchev–Trinajstić information content (AvgIpc) is 3.12. The topological polar surface area (TPSA) is 71.1 Å². The SMILES string of the molecule is COc1ccc(COC(=O)C#CC(=O)c2ccc3c(c2)OCO3)cc1. The van der Waals surface area contributed by atoms with E-state index in [0.717, 1.165) is 5.56 Å². The molecule has 0 saturated carbocycles. The van der Waals surface area contributed by atoms with Crippen molar-refractivity contribution >= 4 is 11.8 Å². The average molecular weight is 338 g/mol. The van der Waals surface area contributed by atoms with E-state index in [0.29, 0.717) is 22.8 Å². The third-order valence-electron chi connectivity index (χ3n) is 3.44. The minimum Gasteiger partial charge on any atom is -0.497 e. The van der Waals surface area contributed by atoms with E-state index in [2.05, 4.69) is 11.8 Å². The van der Waals surface area contributed by atoms with E-state index in [9.17, 15) is 9.59 Å². The van der Waals surface area contributed by atoms with Crippen LogP contribution in [0.2, 0.25) is 0 Å². The first-order valence-corrected chi connectivity index (χ1v) is 7.41. The van der Waals surface area contributed by atoms with E-state index in [1.54, 1.807) is 43.5 Å². The van der Waals surface area contributed by atoms with Gasteiger partial charge in [0.25, 0.3) is 0 Å². The van der Waals surface area contributed by atoms with Crippen molar-refractivity contribution in [2.45, 2.75) is 6.61 Å². The van der Waals surface area contributed by atoms with Crippen LogP contribution in [0.3, 0.4) is 0 Å². The minimum atomic E-state index is -0.773. The fourth-order valence-electron chi connectivity index (χ4n) is 2.12. The summed E-state index contributed by atoms with van der Waals surface area (Å²) in [4.78, 5) is 23.6. The van der Waals surface area contributed by atoms with Gasteiger partial charge in [0.2, 0.25) is 12.6 Å². The Labute approximate surface area is 144 Å². The number of benzene rings is 2. The number of ether oxygens (including phenoxy) is 4. The number of Topliss-reactive ketones (excluding diaryl/α,β-unsaturated/α-hetero) is 1. The van der Waals surface area contributed by atoms with Gasteiger partial charge in [0.05, 0.1) is 7.11 Å². The van der Waals surface area contributed by atoms with Gasteiger partial charge < -0.3 is 18.9 Å². The number of methoxy groups -OCH3 is 1. The molecule has 0 aromatic heterocycles. The molecule has 6 heteroatoms. The zero-order valence-corrected chi connectivity index (χ0v) is 13.4. The maximum atomic E-state index is 12.0. The summed E-state index contributed by atoms with van der Waals surface area (Å²) >= 11 is 0. The second-order valence-corrected chi connectivity index (χ2v) is 5.07. The van der Waals surface area contributed by atoms with E-state index in [-0.39, 0.29) is 13.4 Å². The molecular formula is C19H14O6. The second-order valence-electron chi connectivity index (χ2n) is 5.07. The number of hydrogen-bond donors (Lipinski definition) is 0. The quantitative estimate of drug-likeness (QED) is 0.280. The first-order chi connectivity index (χ1) is 12.2. The molecule has 0 unspecified atom stereocenters. The molecule has 0 spiro atoms. The Balaban J connectivity index is 1.56. The lowest BCUT2D eigenvalue weighted by Gasteiger charge is -2.03. The molecule has 0 saturated heterocycles. The van der Waals surface area contributed by atoms with Gasteiger partial charge in [-0.1, -0.05) is 12.1 Å². The van der Waals surface area contributed by atoms with Crippen molar-refractivity contribution in [3.05, 3.63) is 53.6 Å². The van der Waals surface area contributed by atoms with Crippen LogP contribution < -0.4 is 14.2 Å². The summed E-state index contributed by atoms with van der Waals surface area (Å²) in [7, 11) is 1.57. The van der Waals surface area contributed by atoms with E-state index >= 15 is 0 Å².